The van der Waals surface area contributed by atoms with Crippen molar-refractivity contribution in [1.82, 2.24) is 4.90 Å². The lowest BCUT2D eigenvalue weighted by Crippen LogP contribution is -2.40. The number of anilines is 1. The maximum Gasteiger partial charge on any atom is 0.261 e. The van der Waals surface area contributed by atoms with Gasteiger partial charge in [-0.3, -0.25) is 9.52 Å². The van der Waals surface area contributed by atoms with Crippen LogP contribution in [0.4, 0.5) is 5.69 Å². The minimum atomic E-state index is -3.68. The number of piperidine rings is 1. The Morgan fingerprint density at radius 2 is 1.60 bits per heavy atom. The van der Waals surface area contributed by atoms with Crippen LogP contribution in [0.5, 0.6) is 0 Å². The average molecular weight is 431 g/mol. The summed E-state index contributed by atoms with van der Waals surface area (Å²) in [7, 11) is -3.68. The van der Waals surface area contributed by atoms with Crippen molar-refractivity contribution in [3.05, 3.63) is 59.7 Å². The maximum atomic E-state index is 12.7. The molecule has 0 spiro atoms. The van der Waals surface area contributed by atoms with Gasteiger partial charge in [0.05, 0.1) is 17.4 Å². The van der Waals surface area contributed by atoms with Gasteiger partial charge in [0.15, 0.2) is 0 Å². The van der Waals surface area contributed by atoms with E-state index in [0.717, 1.165) is 11.1 Å². The molecule has 0 radical (unpaired) electrons. The zero-order chi connectivity index (χ0) is 21.9. The largest absolute Gasteiger partial charge is 0.393 e. The smallest absolute Gasteiger partial charge is 0.261 e. The van der Waals surface area contributed by atoms with Gasteiger partial charge >= 0.3 is 0 Å². The molecule has 1 heterocycles. The van der Waals surface area contributed by atoms with Gasteiger partial charge in [-0.25, -0.2) is 8.42 Å². The SMILES string of the molecule is CC(C)(C)c1ccc(S(=O)(=O)Nc2ccc(CC(=O)N3CCC(O)CC3)cc2)cc1. The molecule has 1 saturated heterocycles. The Bertz CT molecular complexity index is 969. The van der Waals surface area contributed by atoms with Crippen LogP contribution in [0.1, 0.15) is 44.7 Å². The normalized spacial score (nSPS) is 15.8. The second kappa shape index (κ2) is 8.78. The third kappa shape index (κ3) is 5.61. The predicted molar refractivity (Wildman–Crippen MR) is 118 cm³/mol. The molecule has 30 heavy (non-hydrogen) atoms. The molecule has 1 fully saturated rings. The van der Waals surface area contributed by atoms with Crippen LogP contribution in [0.2, 0.25) is 0 Å². The lowest BCUT2D eigenvalue weighted by atomic mass is 9.87. The Hall–Kier alpha value is -2.38. The maximum absolute atomic E-state index is 12.7. The van der Waals surface area contributed by atoms with E-state index in [1.165, 1.54) is 0 Å². The highest BCUT2D eigenvalue weighted by molar-refractivity contribution is 7.92. The van der Waals surface area contributed by atoms with Gasteiger partial charge < -0.3 is 10.0 Å². The van der Waals surface area contributed by atoms with Crippen molar-refractivity contribution in [3.63, 3.8) is 0 Å². The van der Waals surface area contributed by atoms with Crippen LogP contribution >= 0.6 is 0 Å². The fraction of sp³-hybridized carbons (Fsp3) is 0.435. The topological polar surface area (TPSA) is 86.7 Å². The van der Waals surface area contributed by atoms with Gasteiger partial charge in [0.1, 0.15) is 0 Å². The summed E-state index contributed by atoms with van der Waals surface area (Å²) >= 11 is 0. The number of carbonyl (C=O) groups is 1. The van der Waals surface area contributed by atoms with E-state index in [0.29, 0.717) is 31.6 Å². The number of hydrogen-bond donors (Lipinski definition) is 2. The van der Waals surface area contributed by atoms with E-state index in [4.69, 9.17) is 0 Å². The average Bonchev–Trinajstić information content (AvgIpc) is 2.69. The first kappa shape index (κ1) is 22.3. The fourth-order valence-corrected chi connectivity index (χ4v) is 4.50. The van der Waals surface area contributed by atoms with Crippen molar-refractivity contribution in [2.45, 2.75) is 56.4 Å². The van der Waals surface area contributed by atoms with Gasteiger partial charge in [-0.1, -0.05) is 45.0 Å². The number of amides is 1. The van der Waals surface area contributed by atoms with Crippen molar-refractivity contribution < 1.29 is 18.3 Å². The number of nitrogens with zero attached hydrogens (tertiary/aromatic N) is 1. The standard InChI is InChI=1S/C23H30N2O4S/c1-23(2,3)18-6-10-21(11-7-18)30(28,29)24-19-8-4-17(5-9-19)16-22(27)25-14-12-20(26)13-15-25/h4-11,20,24,26H,12-16H2,1-3H3. The number of rotatable bonds is 5. The lowest BCUT2D eigenvalue weighted by Gasteiger charge is -2.29. The van der Waals surface area contributed by atoms with E-state index < -0.39 is 10.0 Å². The van der Waals surface area contributed by atoms with Gasteiger partial charge in [0.25, 0.3) is 10.0 Å². The van der Waals surface area contributed by atoms with Gasteiger partial charge in [-0.2, -0.15) is 0 Å². The van der Waals surface area contributed by atoms with Gasteiger partial charge in [-0.15, -0.1) is 0 Å². The van der Waals surface area contributed by atoms with Crippen LogP contribution in [-0.4, -0.2) is 43.5 Å². The van der Waals surface area contributed by atoms with E-state index in [-0.39, 0.29) is 28.7 Å². The summed E-state index contributed by atoms with van der Waals surface area (Å²) < 4.78 is 27.9. The summed E-state index contributed by atoms with van der Waals surface area (Å²) in [5.41, 5.74) is 2.30. The number of sulfonamides is 1. The Labute approximate surface area is 179 Å². The highest BCUT2D eigenvalue weighted by Crippen LogP contribution is 2.24. The molecular weight excluding hydrogens is 400 g/mol. The molecule has 3 rings (SSSR count). The van der Waals surface area contributed by atoms with E-state index >= 15 is 0 Å². The summed E-state index contributed by atoms with van der Waals surface area (Å²) in [6.07, 6.45) is 1.18. The molecule has 162 valence electrons. The fourth-order valence-electron chi connectivity index (χ4n) is 3.44. The summed E-state index contributed by atoms with van der Waals surface area (Å²) in [6, 6.07) is 13.8. The second-order valence-electron chi connectivity index (χ2n) is 8.87. The molecule has 7 heteroatoms. The number of likely N-dealkylation sites (tertiary alicyclic amines) is 1. The number of carbonyl (C=O) groups excluding carboxylic acids is 1. The van der Waals surface area contributed by atoms with Crippen LogP contribution in [0, 0.1) is 0 Å². The molecule has 2 aromatic rings. The monoisotopic (exact) mass is 430 g/mol. The molecule has 1 aliphatic rings. The second-order valence-corrected chi connectivity index (χ2v) is 10.5. The van der Waals surface area contributed by atoms with Gasteiger partial charge in [0.2, 0.25) is 5.91 Å². The Morgan fingerprint density at radius 1 is 1.03 bits per heavy atom. The van der Waals surface area contributed by atoms with Crippen LogP contribution in [0.3, 0.4) is 0 Å². The van der Waals surface area contributed by atoms with E-state index in [9.17, 15) is 18.3 Å². The van der Waals surface area contributed by atoms with Crippen LogP contribution < -0.4 is 4.72 Å². The zero-order valence-corrected chi connectivity index (χ0v) is 18.6. The van der Waals surface area contributed by atoms with Crippen LogP contribution in [0.25, 0.3) is 0 Å². The highest BCUT2D eigenvalue weighted by Gasteiger charge is 2.21. The molecule has 0 unspecified atom stereocenters. The van der Waals surface area contributed by atoms with E-state index in [1.807, 2.05) is 12.1 Å². The predicted octanol–water partition coefficient (Wildman–Crippen LogP) is 3.31. The molecule has 1 amide bonds. The molecule has 1 aliphatic heterocycles. The Morgan fingerprint density at radius 3 is 2.13 bits per heavy atom. The third-order valence-electron chi connectivity index (χ3n) is 5.41. The van der Waals surface area contributed by atoms with Crippen molar-refractivity contribution in [2.75, 3.05) is 17.8 Å². The van der Waals surface area contributed by atoms with Crippen molar-refractivity contribution in [3.8, 4) is 0 Å². The molecule has 2 N–H and O–H groups in total. The Kier molecular flexibility index (Phi) is 6.53. The van der Waals surface area contributed by atoms with Gasteiger partial charge in [0, 0.05) is 18.8 Å². The van der Waals surface area contributed by atoms with Gasteiger partial charge in [-0.05, 0) is 53.6 Å². The first-order valence-corrected chi connectivity index (χ1v) is 11.7. The first-order valence-electron chi connectivity index (χ1n) is 10.2. The number of hydrogen-bond acceptors (Lipinski definition) is 4. The number of aliphatic hydroxyl groups is 1. The molecule has 0 bridgehead atoms. The molecule has 0 aromatic heterocycles. The van der Waals surface area contributed by atoms with Crippen LogP contribution in [0.15, 0.2) is 53.4 Å². The molecule has 6 nitrogen and oxygen atoms in total. The summed E-state index contributed by atoms with van der Waals surface area (Å²) in [4.78, 5) is 14.4. The Balaban J connectivity index is 1.62. The quantitative estimate of drug-likeness (QED) is 0.762. The highest BCUT2D eigenvalue weighted by atomic mass is 32.2. The first-order chi connectivity index (χ1) is 14.0. The van der Waals surface area contributed by atoms with E-state index in [1.54, 1.807) is 41.3 Å². The molecule has 2 aromatic carbocycles. The summed E-state index contributed by atoms with van der Waals surface area (Å²) in [6.45, 7) is 7.39. The number of aliphatic hydroxyl groups excluding tert-OH is 1. The van der Waals surface area contributed by atoms with Crippen molar-refractivity contribution >= 4 is 21.6 Å². The molecular formula is C23H30N2O4S. The minimum absolute atomic E-state index is 0.0224. The van der Waals surface area contributed by atoms with Crippen LogP contribution in [-0.2, 0) is 26.7 Å². The minimum Gasteiger partial charge on any atom is -0.393 e. The number of nitrogens with one attached hydrogen (secondary N) is 1. The third-order valence-corrected chi connectivity index (χ3v) is 6.81. The molecule has 0 atom stereocenters. The zero-order valence-electron chi connectivity index (χ0n) is 17.8. The van der Waals surface area contributed by atoms with Crippen molar-refractivity contribution in [2.24, 2.45) is 0 Å². The van der Waals surface area contributed by atoms with E-state index in [2.05, 4.69) is 25.5 Å². The summed E-state index contributed by atoms with van der Waals surface area (Å²) in [5, 5.41) is 9.56. The molecule has 0 saturated carbocycles. The lowest BCUT2D eigenvalue weighted by molar-refractivity contribution is -0.132. The molecule has 0 aliphatic carbocycles. The number of benzene rings is 2. The summed E-state index contributed by atoms with van der Waals surface area (Å²) in [5.74, 6) is 0.0224. The van der Waals surface area contributed by atoms with Crippen molar-refractivity contribution in [1.29, 1.82) is 0 Å².